The molecule has 0 fully saturated rings. The Hall–Kier alpha value is -2.02. The lowest BCUT2D eigenvalue weighted by atomic mass is 10.1. The summed E-state index contributed by atoms with van der Waals surface area (Å²) in [4.78, 5) is 18.6. The molecule has 3 aromatic rings. The molecule has 0 aliphatic rings. The Labute approximate surface area is 116 Å². The number of aromatic amines is 1. The molecule has 2 heterocycles. The highest BCUT2D eigenvalue weighted by Crippen LogP contribution is 2.18. The number of aryl methyl sites for hydroxylation is 1. The van der Waals surface area contributed by atoms with Crippen molar-refractivity contribution in [2.24, 2.45) is 0 Å². The van der Waals surface area contributed by atoms with Crippen LogP contribution < -0.4 is 5.56 Å². The maximum absolute atomic E-state index is 11.8. The second kappa shape index (κ2) is 4.58. The van der Waals surface area contributed by atoms with Crippen LogP contribution in [-0.4, -0.2) is 20.3 Å². The summed E-state index contributed by atoms with van der Waals surface area (Å²) in [7, 11) is 0. The number of H-pyrrole nitrogens is 1. The topological polar surface area (TPSA) is 84.7 Å². The molecule has 0 aliphatic carbocycles. The van der Waals surface area contributed by atoms with Gasteiger partial charge in [-0.15, -0.1) is 0 Å². The lowest BCUT2D eigenvalue weighted by molar-refractivity contribution is 0.314. The average Bonchev–Trinajstić information content (AvgIpc) is 2.81. The van der Waals surface area contributed by atoms with E-state index in [1.165, 1.54) is 0 Å². The van der Waals surface area contributed by atoms with Crippen LogP contribution in [0.15, 0.2) is 32.1 Å². The molecule has 19 heavy (non-hydrogen) atoms. The predicted octanol–water partition coefficient (Wildman–Crippen LogP) is 1.97. The van der Waals surface area contributed by atoms with Crippen LogP contribution in [0.2, 0.25) is 0 Å². The van der Waals surface area contributed by atoms with Crippen LogP contribution in [0.3, 0.4) is 0 Å². The number of halogens is 1. The van der Waals surface area contributed by atoms with Crippen molar-refractivity contribution >= 4 is 27.2 Å². The van der Waals surface area contributed by atoms with E-state index in [0.717, 1.165) is 15.6 Å². The van der Waals surface area contributed by atoms with Crippen LogP contribution in [0.5, 0.6) is 0 Å². The lowest BCUT2D eigenvalue weighted by Gasteiger charge is -2.03. The highest BCUT2D eigenvalue weighted by Gasteiger charge is 2.10. The number of aromatic nitrogens is 4. The molecule has 0 bridgehead atoms. The van der Waals surface area contributed by atoms with E-state index in [2.05, 4.69) is 40.8 Å². The summed E-state index contributed by atoms with van der Waals surface area (Å²) in [6.45, 7) is 2.01. The molecule has 0 aliphatic heterocycles. The van der Waals surface area contributed by atoms with E-state index >= 15 is 0 Å². The molecule has 2 aromatic heterocycles. The van der Waals surface area contributed by atoms with Gasteiger partial charge in [0, 0.05) is 10.9 Å². The molecule has 0 amide bonds. The molecule has 0 saturated carbocycles. The van der Waals surface area contributed by atoms with Gasteiger partial charge < -0.3 is 0 Å². The first-order chi connectivity index (χ1) is 9.13. The van der Waals surface area contributed by atoms with Crippen molar-refractivity contribution in [3.8, 4) is 0 Å². The SMILES string of the molecule is Cc1ccc(Cc2nc3nonc3[nH]c2=O)cc1Br. The second-order valence-electron chi connectivity index (χ2n) is 4.21. The normalized spacial score (nSPS) is 11.1. The standard InChI is InChI=1S/C12H9BrN4O2/c1-6-2-3-7(4-8(6)13)5-9-12(18)15-11-10(14-9)16-19-17-11/h2-4H,5H2,1H3,(H,15,17,18). The molecule has 0 spiro atoms. The number of hydrogen-bond donors (Lipinski definition) is 1. The van der Waals surface area contributed by atoms with Crippen LogP contribution in [-0.2, 0) is 6.42 Å². The first kappa shape index (κ1) is 12.0. The highest BCUT2D eigenvalue weighted by molar-refractivity contribution is 9.10. The third-order valence-electron chi connectivity index (χ3n) is 2.81. The minimum Gasteiger partial charge on any atom is -0.299 e. The zero-order valence-corrected chi connectivity index (χ0v) is 11.6. The summed E-state index contributed by atoms with van der Waals surface area (Å²) in [6.07, 6.45) is 0.428. The van der Waals surface area contributed by atoms with E-state index < -0.39 is 0 Å². The number of nitrogens with one attached hydrogen (secondary N) is 1. The van der Waals surface area contributed by atoms with Crippen LogP contribution in [0.25, 0.3) is 11.3 Å². The van der Waals surface area contributed by atoms with E-state index in [-0.39, 0.29) is 11.2 Å². The zero-order chi connectivity index (χ0) is 13.4. The van der Waals surface area contributed by atoms with Crippen molar-refractivity contribution in [1.29, 1.82) is 0 Å². The number of hydrogen-bond acceptors (Lipinski definition) is 5. The van der Waals surface area contributed by atoms with Crippen LogP contribution in [0.4, 0.5) is 0 Å². The Morgan fingerprint density at radius 2 is 2.21 bits per heavy atom. The zero-order valence-electron chi connectivity index (χ0n) is 9.98. The smallest absolute Gasteiger partial charge is 0.271 e. The van der Waals surface area contributed by atoms with E-state index in [9.17, 15) is 4.79 Å². The molecule has 0 unspecified atom stereocenters. The van der Waals surface area contributed by atoms with Gasteiger partial charge in [-0.3, -0.25) is 9.78 Å². The van der Waals surface area contributed by atoms with E-state index in [1.807, 2.05) is 25.1 Å². The molecule has 0 saturated heterocycles. The molecule has 3 rings (SSSR count). The summed E-state index contributed by atoms with van der Waals surface area (Å²) < 4.78 is 5.53. The quantitative estimate of drug-likeness (QED) is 0.780. The second-order valence-corrected chi connectivity index (χ2v) is 5.06. The molecule has 1 N–H and O–H groups in total. The molecule has 0 atom stereocenters. The maximum atomic E-state index is 11.8. The Kier molecular flexibility index (Phi) is 2.90. The fraction of sp³-hybridized carbons (Fsp3) is 0.167. The fourth-order valence-electron chi connectivity index (χ4n) is 1.75. The van der Waals surface area contributed by atoms with Gasteiger partial charge in [0.25, 0.3) is 5.56 Å². The Balaban J connectivity index is 2.02. The third kappa shape index (κ3) is 2.28. The first-order valence-electron chi connectivity index (χ1n) is 5.60. The number of nitrogens with zero attached hydrogens (tertiary/aromatic N) is 3. The summed E-state index contributed by atoms with van der Waals surface area (Å²) in [5.41, 5.74) is 2.81. The Morgan fingerprint density at radius 1 is 1.37 bits per heavy atom. The number of rotatable bonds is 2. The van der Waals surface area contributed by atoms with Crippen LogP contribution >= 0.6 is 15.9 Å². The summed E-state index contributed by atoms with van der Waals surface area (Å²) in [6, 6.07) is 5.93. The van der Waals surface area contributed by atoms with Gasteiger partial charge in [-0.05, 0) is 34.4 Å². The van der Waals surface area contributed by atoms with Gasteiger partial charge in [-0.1, -0.05) is 28.1 Å². The number of benzene rings is 1. The van der Waals surface area contributed by atoms with E-state index in [1.54, 1.807) is 0 Å². The summed E-state index contributed by atoms with van der Waals surface area (Å²) in [5, 5.41) is 7.16. The van der Waals surface area contributed by atoms with Crippen molar-refractivity contribution in [3.63, 3.8) is 0 Å². The van der Waals surface area contributed by atoms with Crippen molar-refractivity contribution < 1.29 is 4.63 Å². The van der Waals surface area contributed by atoms with Gasteiger partial charge in [-0.25, -0.2) is 9.61 Å². The minimum absolute atomic E-state index is 0.263. The molecular weight excluding hydrogens is 312 g/mol. The van der Waals surface area contributed by atoms with E-state index in [0.29, 0.717) is 17.8 Å². The van der Waals surface area contributed by atoms with E-state index in [4.69, 9.17) is 0 Å². The van der Waals surface area contributed by atoms with Crippen molar-refractivity contribution in [2.75, 3.05) is 0 Å². The van der Waals surface area contributed by atoms with Crippen molar-refractivity contribution in [1.82, 2.24) is 20.3 Å². The lowest BCUT2D eigenvalue weighted by Crippen LogP contribution is -2.15. The van der Waals surface area contributed by atoms with Gasteiger partial charge >= 0.3 is 0 Å². The molecule has 7 heteroatoms. The minimum atomic E-state index is -0.278. The van der Waals surface area contributed by atoms with Crippen molar-refractivity contribution in [3.05, 3.63) is 49.8 Å². The van der Waals surface area contributed by atoms with Gasteiger partial charge in [0.1, 0.15) is 5.69 Å². The fourth-order valence-corrected chi connectivity index (χ4v) is 2.18. The Bertz CT molecular complexity index is 809. The third-order valence-corrected chi connectivity index (χ3v) is 3.67. The predicted molar refractivity (Wildman–Crippen MR) is 71.9 cm³/mol. The average molecular weight is 321 g/mol. The monoisotopic (exact) mass is 320 g/mol. The molecule has 1 aromatic carbocycles. The van der Waals surface area contributed by atoms with Crippen molar-refractivity contribution in [2.45, 2.75) is 13.3 Å². The summed E-state index contributed by atoms with van der Waals surface area (Å²) in [5.74, 6) is 0. The molecular formula is C12H9BrN4O2. The Morgan fingerprint density at radius 3 is 3.00 bits per heavy atom. The van der Waals surface area contributed by atoms with Crippen LogP contribution in [0.1, 0.15) is 16.8 Å². The molecule has 96 valence electrons. The number of fused-ring (bicyclic) bond motifs is 1. The molecule has 0 radical (unpaired) electrons. The van der Waals surface area contributed by atoms with Gasteiger partial charge in [0.15, 0.2) is 0 Å². The molecule has 6 nitrogen and oxygen atoms in total. The maximum Gasteiger partial charge on any atom is 0.271 e. The van der Waals surface area contributed by atoms with Crippen LogP contribution in [0, 0.1) is 6.92 Å². The highest BCUT2D eigenvalue weighted by atomic mass is 79.9. The van der Waals surface area contributed by atoms with Gasteiger partial charge in [-0.2, -0.15) is 0 Å². The van der Waals surface area contributed by atoms with Gasteiger partial charge in [0.05, 0.1) is 0 Å². The first-order valence-corrected chi connectivity index (χ1v) is 6.39. The summed E-state index contributed by atoms with van der Waals surface area (Å²) >= 11 is 3.47. The van der Waals surface area contributed by atoms with Gasteiger partial charge in [0.2, 0.25) is 11.3 Å². The largest absolute Gasteiger partial charge is 0.299 e.